The number of likely N-dealkylation sites (tertiary alicyclic amines) is 1. The fourth-order valence-corrected chi connectivity index (χ4v) is 4.17. The molecule has 7 nitrogen and oxygen atoms in total. The van der Waals surface area contributed by atoms with E-state index >= 15 is 0 Å². The Kier molecular flexibility index (Phi) is 8.00. The zero-order chi connectivity index (χ0) is 24.1. The van der Waals surface area contributed by atoms with E-state index in [4.69, 9.17) is 21.1 Å². The number of ether oxygens (including phenoxy) is 2. The summed E-state index contributed by atoms with van der Waals surface area (Å²) in [5.74, 6) is -0.946. The Balaban J connectivity index is 2.10. The second-order valence-electron chi connectivity index (χ2n) is 8.14. The van der Waals surface area contributed by atoms with Gasteiger partial charge in [0.05, 0.1) is 45.4 Å². The largest absolute Gasteiger partial charge is 0.872 e. The number of quaternary nitrogens is 1. The number of nitrogens with one attached hydrogen (secondary N) is 1. The molecule has 1 atom stereocenters. The molecule has 1 N–H and O–H groups in total. The molecule has 3 rings (SSSR count). The van der Waals surface area contributed by atoms with E-state index in [0.717, 1.165) is 6.54 Å². The number of hydrogen-bond donors (Lipinski definition) is 1. The molecule has 0 radical (unpaired) electrons. The zero-order valence-corrected chi connectivity index (χ0v) is 20.1. The predicted molar refractivity (Wildman–Crippen MR) is 124 cm³/mol. The summed E-state index contributed by atoms with van der Waals surface area (Å²) < 4.78 is 10.8. The Morgan fingerprint density at radius 3 is 2.58 bits per heavy atom. The molecule has 0 saturated carbocycles. The van der Waals surface area contributed by atoms with Crippen molar-refractivity contribution < 1.29 is 29.1 Å². The lowest BCUT2D eigenvalue weighted by Crippen LogP contribution is -3.05. The molecule has 0 bridgehead atoms. The Labute approximate surface area is 199 Å². The maximum absolute atomic E-state index is 13.5. The van der Waals surface area contributed by atoms with Gasteiger partial charge in [0.1, 0.15) is 11.5 Å². The summed E-state index contributed by atoms with van der Waals surface area (Å²) in [6.45, 7) is 3.44. The number of nitrogens with zero attached hydrogens (tertiary/aromatic N) is 1. The van der Waals surface area contributed by atoms with Crippen LogP contribution in [0, 0.1) is 0 Å². The Hall–Kier alpha value is -3.03. The standard InChI is InChI=1S/C25H29ClN2O5/c1-5-33-20-11-10-17(15-19(20)26)23(29)21-22(16-8-6-9-18(14-16)32-4)28(25(31)24(21)30)13-7-12-27(2)3/h6,8-11,14-15,22,29H,5,7,12-13H2,1-4H3/b23-21+. The first-order chi connectivity index (χ1) is 15.8. The van der Waals surface area contributed by atoms with Gasteiger partial charge in [-0.2, -0.15) is 0 Å². The number of methoxy groups -OCH3 is 1. The van der Waals surface area contributed by atoms with Gasteiger partial charge in [-0.1, -0.05) is 35.6 Å². The third-order valence-corrected chi connectivity index (χ3v) is 5.80. The summed E-state index contributed by atoms with van der Waals surface area (Å²) in [5, 5.41) is 13.8. The molecular formula is C25H29ClN2O5. The second kappa shape index (κ2) is 10.7. The second-order valence-corrected chi connectivity index (χ2v) is 8.55. The number of Topliss-reactive ketones (excluding diaryl/α,β-unsaturated/α-hetero) is 1. The maximum Gasteiger partial charge on any atom is 0.295 e. The number of hydrogen-bond acceptors (Lipinski definition) is 5. The highest BCUT2D eigenvalue weighted by molar-refractivity contribution is 6.46. The lowest BCUT2D eigenvalue weighted by molar-refractivity contribution is -0.858. The number of halogens is 1. The van der Waals surface area contributed by atoms with Crippen molar-refractivity contribution in [3.8, 4) is 11.5 Å². The monoisotopic (exact) mass is 472 g/mol. The number of amides is 1. The molecule has 0 aliphatic carbocycles. The van der Waals surface area contributed by atoms with Gasteiger partial charge in [0.15, 0.2) is 0 Å². The van der Waals surface area contributed by atoms with E-state index in [9.17, 15) is 14.7 Å². The van der Waals surface area contributed by atoms with E-state index in [1.165, 1.54) is 15.9 Å². The zero-order valence-electron chi connectivity index (χ0n) is 19.3. The lowest BCUT2D eigenvalue weighted by Gasteiger charge is -2.28. The van der Waals surface area contributed by atoms with Gasteiger partial charge in [-0.3, -0.25) is 9.59 Å². The average Bonchev–Trinajstić information content (AvgIpc) is 3.05. The molecule has 33 heavy (non-hydrogen) atoms. The fourth-order valence-electron chi connectivity index (χ4n) is 3.93. The fraction of sp³-hybridized carbons (Fsp3) is 0.360. The molecule has 1 fully saturated rings. The van der Waals surface area contributed by atoms with Crippen LogP contribution >= 0.6 is 11.6 Å². The third kappa shape index (κ3) is 5.31. The van der Waals surface area contributed by atoms with Crippen molar-refractivity contribution in [3.63, 3.8) is 0 Å². The SMILES string of the molecule is CCOc1ccc(/C([O-])=C2\C(=O)C(=O)N(CCC[NH+](C)C)C2c2cccc(OC)c2)cc1Cl. The molecule has 1 aliphatic rings. The molecule has 2 aromatic carbocycles. The summed E-state index contributed by atoms with van der Waals surface area (Å²) >= 11 is 6.28. The topological polar surface area (TPSA) is 83.3 Å². The van der Waals surface area contributed by atoms with Crippen molar-refractivity contribution in [1.29, 1.82) is 0 Å². The quantitative estimate of drug-likeness (QED) is 0.340. The van der Waals surface area contributed by atoms with E-state index in [1.807, 2.05) is 21.0 Å². The molecule has 0 aromatic heterocycles. The van der Waals surface area contributed by atoms with E-state index in [1.54, 1.807) is 43.5 Å². The molecule has 176 valence electrons. The highest BCUT2D eigenvalue weighted by atomic mass is 35.5. The van der Waals surface area contributed by atoms with Crippen molar-refractivity contribution in [2.24, 2.45) is 0 Å². The van der Waals surface area contributed by atoms with Crippen molar-refractivity contribution in [1.82, 2.24) is 4.90 Å². The average molecular weight is 473 g/mol. The van der Waals surface area contributed by atoms with Gasteiger partial charge in [-0.25, -0.2) is 0 Å². The molecule has 1 heterocycles. The van der Waals surface area contributed by atoms with Crippen LogP contribution in [0.15, 0.2) is 48.0 Å². The van der Waals surface area contributed by atoms with Gasteiger partial charge >= 0.3 is 0 Å². The number of carbonyl (C=O) groups is 2. The van der Waals surface area contributed by atoms with Gasteiger partial charge in [0, 0.05) is 18.5 Å². The van der Waals surface area contributed by atoms with Crippen LogP contribution < -0.4 is 19.5 Å². The Morgan fingerprint density at radius 2 is 1.94 bits per heavy atom. The minimum absolute atomic E-state index is 0.0781. The Morgan fingerprint density at radius 1 is 1.18 bits per heavy atom. The number of rotatable bonds is 9. The first kappa shape index (κ1) is 24.6. The minimum Gasteiger partial charge on any atom is -0.872 e. The lowest BCUT2D eigenvalue weighted by atomic mass is 9.95. The normalized spacial score (nSPS) is 17.6. The highest BCUT2D eigenvalue weighted by Gasteiger charge is 2.44. The van der Waals surface area contributed by atoms with Crippen LogP contribution in [0.5, 0.6) is 11.5 Å². The van der Waals surface area contributed by atoms with Gasteiger partial charge in [-0.15, -0.1) is 0 Å². The molecule has 0 spiro atoms. The molecule has 1 amide bonds. The van der Waals surface area contributed by atoms with Crippen LogP contribution in [0.4, 0.5) is 0 Å². The molecule has 2 aromatic rings. The van der Waals surface area contributed by atoms with Crippen LogP contribution in [0.3, 0.4) is 0 Å². The summed E-state index contributed by atoms with van der Waals surface area (Å²) in [7, 11) is 5.58. The van der Waals surface area contributed by atoms with Crippen molar-refractivity contribution in [2.75, 3.05) is 40.9 Å². The number of benzene rings is 2. The van der Waals surface area contributed by atoms with Crippen LogP contribution in [0.1, 0.15) is 30.5 Å². The van der Waals surface area contributed by atoms with Crippen molar-refractivity contribution in [3.05, 3.63) is 64.2 Å². The third-order valence-electron chi connectivity index (χ3n) is 5.51. The Bertz CT molecular complexity index is 1070. The van der Waals surface area contributed by atoms with Crippen LogP contribution in [-0.2, 0) is 9.59 Å². The van der Waals surface area contributed by atoms with Crippen LogP contribution in [-0.4, -0.2) is 57.5 Å². The maximum atomic E-state index is 13.5. The first-order valence-corrected chi connectivity index (χ1v) is 11.3. The van der Waals surface area contributed by atoms with E-state index in [2.05, 4.69) is 0 Å². The number of ketones is 1. The molecular weight excluding hydrogens is 444 g/mol. The van der Waals surface area contributed by atoms with Crippen molar-refractivity contribution >= 4 is 29.1 Å². The minimum atomic E-state index is -0.796. The predicted octanol–water partition coefficient (Wildman–Crippen LogP) is 1.51. The van der Waals surface area contributed by atoms with Crippen molar-refractivity contribution in [2.45, 2.75) is 19.4 Å². The van der Waals surface area contributed by atoms with E-state index in [-0.39, 0.29) is 16.2 Å². The number of carbonyl (C=O) groups excluding carboxylic acids is 2. The molecule has 1 saturated heterocycles. The summed E-state index contributed by atoms with van der Waals surface area (Å²) in [4.78, 5) is 28.8. The van der Waals surface area contributed by atoms with Gasteiger partial charge in [0.2, 0.25) is 5.78 Å². The molecule has 1 unspecified atom stereocenters. The molecule has 1 aliphatic heterocycles. The summed E-state index contributed by atoms with van der Waals surface area (Å²) in [6, 6.07) is 10.9. The van der Waals surface area contributed by atoms with Gasteiger partial charge in [-0.05, 0) is 42.3 Å². The van der Waals surface area contributed by atoms with E-state index in [0.29, 0.717) is 36.6 Å². The van der Waals surface area contributed by atoms with E-state index < -0.39 is 23.5 Å². The molecule has 8 heteroatoms. The smallest absolute Gasteiger partial charge is 0.295 e. The van der Waals surface area contributed by atoms with Crippen LogP contribution in [0.25, 0.3) is 5.76 Å². The van der Waals surface area contributed by atoms with Gasteiger partial charge in [0.25, 0.3) is 5.91 Å². The first-order valence-electron chi connectivity index (χ1n) is 10.9. The van der Waals surface area contributed by atoms with Crippen LogP contribution in [0.2, 0.25) is 5.02 Å². The highest BCUT2D eigenvalue weighted by Crippen LogP contribution is 2.40. The van der Waals surface area contributed by atoms with Gasteiger partial charge < -0.3 is 24.4 Å². The summed E-state index contributed by atoms with van der Waals surface area (Å²) in [5.41, 5.74) is 0.795. The summed E-state index contributed by atoms with van der Waals surface area (Å²) in [6.07, 6.45) is 0.693.